The topological polar surface area (TPSA) is 104 Å². The molecule has 3 fully saturated rings. The van der Waals surface area contributed by atoms with Crippen LogP contribution >= 0.6 is 0 Å². The predicted molar refractivity (Wildman–Crippen MR) is 150 cm³/mol. The molecule has 0 radical (unpaired) electrons. The largest absolute Gasteiger partial charge is 0.493 e. The molecular formula is C32H44O8. The molecule has 8 heteroatoms. The molecule has 2 saturated heterocycles. The van der Waals surface area contributed by atoms with Crippen molar-refractivity contribution in [2.24, 2.45) is 11.8 Å². The van der Waals surface area contributed by atoms with Gasteiger partial charge in [-0.25, -0.2) is 4.79 Å². The molecule has 220 valence electrons. The Morgan fingerprint density at radius 2 is 1.68 bits per heavy atom. The van der Waals surface area contributed by atoms with E-state index in [9.17, 15) is 15.0 Å². The van der Waals surface area contributed by atoms with Crippen LogP contribution in [-0.2, 0) is 23.7 Å². The maximum Gasteiger partial charge on any atom is 0.364 e. The molecule has 1 aromatic rings. The summed E-state index contributed by atoms with van der Waals surface area (Å²) in [5.41, 5.74) is 3.12. The molecule has 0 amide bonds. The minimum atomic E-state index is -1.91. The second-order valence-electron chi connectivity index (χ2n) is 10.8. The highest BCUT2D eigenvalue weighted by Gasteiger charge is 2.46. The van der Waals surface area contributed by atoms with E-state index < -0.39 is 24.3 Å². The van der Waals surface area contributed by atoms with Gasteiger partial charge < -0.3 is 33.9 Å². The summed E-state index contributed by atoms with van der Waals surface area (Å²) < 4.78 is 29.1. The summed E-state index contributed by atoms with van der Waals surface area (Å²) in [6.07, 6.45) is 14.3. The summed E-state index contributed by atoms with van der Waals surface area (Å²) in [5.74, 6) is -1.88. The third kappa shape index (κ3) is 9.30. The number of aliphatic hydroxyl groups excluding tert-OH is 1. The van der Waals surface area contributed by atoms with E-state index in [2.05, 4.69) is 17.9 Å². The normalized spacial score (nSPS) is 28.5. The Morgan fingerprint density at radius 1 is 0.975 bits per heavy atom. The maximum atomic E-state index is 12.5. The smallest absolute Gasteiger partial charge is 0.364 e. The van der Waals surface area contributed by atoms with Crippen molar-refractivity contribution in [1.82, 2.24) is 0 Å². The molecule has 4 rings (SSSR count). The second kappa shape index (κ2) is 16.1. The van der Waals surface area contributed by atoms with Crippen LogP contribution in [0.2, 0.25) is 0 Å². The summed E-state index contributed by atoms with van der Waals surface area (Å²) in [6.45, 7) is 1.68. The van der Waals surface area contributed by atoms with E-state index >= 15 is 0 Å². The van der Waals surface area contributed by atoms with Crippen molar-refractivity contribution in [1.29, 1.82) is 0 Å². The molecule has 1 saturated carbocycles. The number of hydrogen-bond acceptors (Lipinski definition) is 7. The first-order valence-corrected chi connectivity index (χ1v) is 14.8. The lowest BCUT2D eigenvalue weighted by molar-refractivity contribution is -0.349. The van der Waals surface area contributed by atoms with Gasteiger partial charge in [-0.2, -0.15) is 0 Å². The summed E-state index contributed by atoms with van der Waals surface area (Å²) in [4.78, 5) is 12.5. The van der Waals surface area contributed by atoms with Gasteiger partial charge in [0.25, 0.3) is 5.79 Å². The van der Waals surface area contributed by atoms with Gasteiger partial charge in [-0.3, -0.25) is 0 Å². The van der Waals surface area contributed by atoms with Crippen LogP contribution in [0.5, 0.6) is 5.75 Å². The summed E-state index contributed by atoms with van der Waals surface area (Å²) in [6, 6.07) is 9.76. The zero-order chi connectivity index (χ0) is 28.0. The number of aliphatic hydroxyl groups is 1. The molecule has 2 unspecified atom stereocenters. The van der Waals surface area contributed by atoms with Gasteiger partial charge in [-0.05, 0) is 100 Å². The molecule has 0 aromatic heterocycles. The molecule has 0 bridgehead atoms. The summed E-state index contributed by atoms with van der Waals surface area (Å²) in [7, 11) is 0. The van der Waals surface area contributed by atoms with Crippen LogP contribution in [-0.4, -0.2) is 60.5 Å². The molecule has 3 aliphatic rings. The fraction of sp³-hybridized carbons (Fsp3) is 0.625. The molecule has 1 aliphatic carbocycles. The van der Waals surface area contributed by atoms with E-state index in [-0.39, 0.29) is 24.4 Å². The number of hydrogen-bond donors (Lipinski definition) is 2. The second-order valence-corrected chi connectivity index (χ2v) is 10.8. The van der Waals surface area contributed by atoms with E-state index in [1.807, 2.05) is 36.4 Å². The molecule has 1 aromatic carbocycles. The lowest BCUT2D eigenvalue weighted by Crippen LogP contribution is -2.50. The van der Waals surface area contributed by atoms with E-state index in [1.165, 1.54) is 0 Å². The lowest BCUT2D eigenvalue weighted by atomic mass is 9.91. The number of benzene rings is 1. The number of ether oxygens (including phenoxy) is 5. The molecule has 2 aliphatic heterocycles. The first-order valence-electron chi connectivity index (χ1n) is 14.8. The third-order valence-corrected chi connectivity index (χ3v) is 7.76. The van der Waals surface area contributed by atoms with Gasteiger partial charge >= 0.3 is 5.97 Å². The van der Waals surface area contributed by atoms with Crippen molar-refractivity contribution in [3.05, 3.63) is 60.4 Å². The van der Waals surface area contributed by atoms with E-state index in [4.69, 9.17) is 23.7 Å². The van der Waals surface area contributed by atoms with E-state index in [0.717, 1.165) is 50.7 Å². The fourth-order valence-corrected chi connectivity index (χ4v) is 5.51. The Labute approximate surface area is 237 Å². The Hall–Kier alpha value is -2.45. The van der Waals surface area contributed by atoms with Crippen LogP contribution in [0, 0.1) is 11.8 Å². The number of carbonyl (C=O) groups is 1. The van der Waals surface area contributed by atoms with Gasteiger partial charge in [0.2, 0.25) is 0 Å². The standard InChI is InChI=1S/C32H44O8/c33-28-20-19-25(13-6-10-22-36-26-14-3-1-4-15-26)27(28)16-5-2-9-21-32(31(34)35,39-29-17-7-11-23-37-29)40-30-18-8-12-24-38-30/h1,3-6,9,13-15,25,27-30,33H,7-8,10-12,16-24H2,(H,34,35)/b13-6+/t2?,25-,27+,28-,29?,30?,32?/m0/s1. The molecule has 5 atom stereocenters. The van der Waals surface area contributed by atoms with Crippen LogP contribution < -0.4 is 4.74 Å². The Balaban J connectivity index is 1.32. The minimum Gasteiger partial charge on any atom is -0.493 e. The molecular weight excluding hydrogens is 512 g/mol. The average molecular weight is 557 g/mol. The van der Waals surface area contributed by atoms with Gasteiger partial charge in [0.05, 0.1) is 12.7 Å². The van der Waals surface area contributed by atoms with Gasteiger partial charge in [0.15, 0.2) is 12.6 Å². The van der Waals surface area contributed by atoms with Crippen molar-refractivity contribution >= 4 is 5.97 Å². The maximum absolute atomic E-state index is 12.5. The van der Waals surface area contributed by atoms with Crippen LogP contribution in [0.25, 0.3) is 0 Å². The minimum absolute atomic E-state index is 0.0312. The van der Waals surface area contributed by atoms with E-state index in [1.54, 1.807) is 6.08 Å². The fourth-order valence-electron chi connectivity index (χ4n) is 5.51. The van der Waals surface area contributed by atoms with Crippen LogP contribution in [0.15, 0.2) is 60.4 Å². The molecule has 2 N–H and O–H groups in total. The van der Waals surface area contributed by atoms with Crippen molar-refractivity contribution in [3.8, 4) is 5.75 Å². The highest BCUT2D eigenvalue weighted by atomic mass is 16.8. The van der Waals surface area contributed by atoms with Crippen LogP contribution in [0.1, 0.15) is 70.6 Å². The Kier molecular flexibility index (Phi) is 12.3. The van der Waals surface area contributed by atoms with Gasteiger partial charge in [0.1, 0.15) is 5.75 Å². The monoisotopic (exact) mass is 556 g/mol. The molecule has 2 heterocycles. The predicted octanol–water partition coefficient (Wildman–Crippen LogP) is 5.76. The summed E-state index contributed by atoms with van der Waals surface area (Å²) >= 11 is 0. The zero-order valence-corrected chi connectivity index (χ0v) is 23.3. The average Bonchev–Trinajstić information content (AvgIpc) is 3.32. The van der Waals surface area contributed by atoms with Crippen molar-refractivity contribution < 1.29 is 38.7 Å². The molecule has 0 spiro atoms. The lowest BCUT2D eigenvalue weighted by Gasteiger charge is -2.37. The number of rotatable bonds is 14. The first-order chi connectivity index (χ1) is 19.6. The Morgan fingerprint density at radius 3 is 2.30 bits per heavy atom. The van der Waals surface area contributed by atoms with Crippen molar-refractivity contribution in [2.75, 3.05) is 19.8 Å². The van der Waals surface area contributed by atoms with Crippen molar-refractivity contribution in [3.63, 3.8) is 0 Å². The van der Waals surface area contributed by atoms with Gasteiger partial charge in [0, 0.05) is 19.6 Å². The molecule has 40 heavy (non-hydrogen) atoms. The van der Waals surface area contributed by atoms with Gasteiger partial charge in [-0.1, -0.05) is 30.4 Å². The SMILES string of the molecule is O=C(O)C(CC=C=CC[C@H]1[C@@H](O)CC[C@@H]1/C=C/CCOc1ccccc1)(OC1CCCCO1)OC1CCCCO1. The zero-order valence-electron chi connectivity index (χ0n) is 23.3. The first kappa shape index (κ1) is 30.5. The highest BCUT2D eigenvalue weighted by Crippen LogP contribution is 2.36. The van der Waals surface area contributed by atoms with Crippen LogP contribution in [0.3, 0.4) is 0 Å². The quantitative estimate of drug-likeness (QED) is 0.129. The van der Waals surface area contributed by atoms with E-state index in [0.29, 0.717) is 39.1 Å². The number of carboxylic acids is 1. The number of allylic oxidation sites excluding steroid dienone is 1. The third-order valence-electron chi connectivity index (χ3n) is 7.76. The number of aliphatic carboxylic acids is 1. The van der Waals surface area contributed by atoms with Crippen LogP contribution in [0.4, 0.5) is 0 Å². The highest BCUT2D eigenvalue weighted by molar-refractivity contribution is 5.76. The number of para-hydroxylation sites is 1. The van der Waals surface area contributed by atoms with Crippen molar-refractivity contribution in [2.45, 2.75) is 95.1 Å². The van der Waals surface area contributed by atoms with Gasteiger partial charge in [-0.15, -0.1) is 5.73 Å². The summed E-state index contributed by atoms with van der Waals surface area (Å²) in [5, 5.41) is 20.8. The molecule has 8 nitrogen and oxygen atoms in total. The Bertz CT molecular complexity index is 954. The number of carboxylic acid groups (broad SMARTS) is 1.